The topological polar surface area (TPSA) is 89.6 Å². The third kappa shape index (κ3) is 3.04. The van der Waals surface area contributed by atoms with Crippen molar-refractivity contribution in [1.82, 2.24) is 0 Å². The van der Waals surface area contributed by atoms with Gasteiger partial charge in [-0.1, -0.05) is 0 Å². The van der Waals surface area contributed by atoms with Crippen molar-refractivity contribution in [3.8, 4) is 0 Å². The Bertz CT molecular complexity index is 388. The molecule has 0 aliphatic rings. The van der Waals surface area contributed by atoms with E-state index in [0.29, 0.717) is 4.88 Å². The molecule has 6 heteroatoms. The van der Waals surface area contributed by atoms with Crippen molar-refractivity contribution in [2.45, 2.75) is 12.3 Å². The van der Waals surface area contributed by atoms with Crippen molar-refractivity contribution in [2.75, 3.05) is 13.7 Å². The molecule has 1 unspecified atom stereocenters. The fourth-order valence-electron chi connectivity index (χ4n) is 1.29. The summed E-state index contributed by atoms with van der Waals surface area (Å²) in [6, 6.07) is 3.34. The number of thiophene rings is 1. The average molecular weight is 243 g/mol. The zero-order valence-electron chi connectivity index (χ0n) is 8.80. The third-order valence-electron chi connectivity index (χ3n) is 2.12. The first-order valence-electron chi connectivity index (χ1n) is 4.68. The maximum absolute atomic E-state index is 11.2. The molecule has 0 spiro atoms. The molecule has 0 radical (unpaired) electrons. The van der Waals surface area contributed by atoms with E-state index in [1.54, 1.807) is 12.1 Å². The summed E-state index contributed by atoms with van der Waals surface area (Å²) in [4.78, 5) is 23.1. The van der Waals surface area contributed by atoms with Crippen LogP contribution in [0, 0.1) is 0 Å². The van der Waals surface area contributed by atoms with E-state index in [-0.39, 0.29) is 18.9 Å². The van der Waals surface area contributed by atoms with Gasteiger partial charge < -0.3 is 15.6 Å². The first-order valence-corrected chi connectivity index (χ1v) is 5.50. The Hall–Kier alpha value is -1.40. The van der Waals surface area contributed by atoms with Crippen LogP contribution in [0.5, 0.6) is 0 Å². The Labute approximate surface area is 96.8 Å². The summed E-state index contributed by atoms with van der Waals surface area (Å²) in [6.07, 6.45) is -0.0301. The van der Waals surface area contributed by atoms with Gasteiger partial charge in [0.2, 0.25) is 0 Å². The number of ether oxygens (including phenoxy) is 1. The van der Waals surface area contributed by atoms with E-state index in [1.165, 1.54) is 18.4 Å². The second-order valence-electron chi connectivity index (χ2n) is 3.22. The number of carbonyl (C=O) groups is 2. The van der Waals surface area contributed by atoms with Crippen LogP contribution in [0.4, 0.5) is 0 Å². The van der Waals surface area contributed by atoms with Crippen molar-refractivity contribution < 1.29 is 19.4 Å². The SMILES string of the molecule is COC(=O)c1ccc(C(CN)CC(=O)O)s1. The number of esters is 1. The Balaban J connectivity index is 2.82. The van der Waals surface area contributed by atoms with Gasteiger partial charge in [-0.25, -0.2) is 4.79 Å². The van der Waals surface area contributed by atoms with Gasteiger partial charge in [-0.3, -0.25) is 4.79 Å². The monoisotopic (exact) mass is 243 g/mol. The average Bonchev–Trinajstić information content (AvgIpc) is 2.73. The highest BCUT2D eigenvalue weighted by Gasteiger charge is 2.18. The molecule has 88 valence electrons. The smallest absolute Gasteiger partial charge is 0.348 e. The zero-order valence-corrected chi connectivity index (χ0v) is 9.62. The Morgan fingerprint density at radius 3 is 2.75 bits per heavy atom. The first-order chi connectivity index (χ1) is 7.58. The molecule has 0 bridgehead atoms. The molecular formula is C10H13NO4S. The van der Waals surface area contributed by atoms with Crippen molar-refractivity contribution in [1.29, 1.82) is 0 Å². The Kier molecular flexibility index (Phi) is 4.45. The minimum absolute atomic E-state index is 0.0301. The molecule has 0 fully saturated rings. The predicted octanol–water partition coefficient (Wildman–Crippen LogP) is 1.05. The summed E-state index contributed by atoms with van der Waals surface area (Å²) in [5.74, 6) is -1.56. The van der Waals surface area contributed by atoms with Crippen LogP contribution in [0.3, 0.4) is 0 Å². The lowest BCUT2D eigenvalue weighted by molar-refractivity contribution is -0.137. The highest BCUT2D eigenvalue weighted by molar-refractivity contribution is 7.14. The van der Waals surface area contributed by atoms with E-state index in [0.717, 1.165) is 4.88 Å². The standard InChI is InChI=1S/C10H13NO4S/c1-15-10(14)8-3-2-7(16-8)6(5-11)4-9(12)13/h2-3,6H,4-5,11H2,1H3,(H,12,13). The van der Waals surface area contributed by atoms with Crippen molar-refractivity contribution in [3.05, 3.63) is 21.9 Å². The number of carboxylic acids is 1. The van der Waals surface area contributed by atoms with Crippen LogP contribution >= 0.6 is 11.3 Å². The number of hydrogen-bond acceptors (Lipinski definition) is 5. The molecule has 0 aliphatic carbocycles. The summed E-state index contributed by atoms with van der Waals surface area (Å²) >= 11 is 1.22. The van der Waals surface area contributed by atoms with E-state index in [9.17, 15) is 9.59 Å². The molecule has 1 atom stereocenters. The van der Waals surface area contributed by atoms with E-state index in [4.69, 9.17) is 10.8 Å². The Morgan fingerprint density at radius 1 is 1.56 bits per heavy atom. The molecule has 0 aromatic carbocycles. The quantitative estimate of drug-likeness (QED) is 0.754. The van der Waals surface area contributed by atoms with E-state index in [2.05, 4.69) is 4.74 Å². The second-order valence-corrected chi connectivity index (χ2v) is 4.34. The molecule has 0 saturated carbocycles. The zero-order chi connectivity index (χ0) is 12.1. The predicted molar refractivity (Wildman–Crippen MR) is 59.7 cm³/mol. The number of aliphatic carboxylic acids is 1. The van der Waals surface area contributed by atoms with Gasteiger partial charge in [-0.05, 0) is 12.1 Å². The molecule has 1 heterocycles. The normalized spacial score (nSPS) is 12.1. The lowest BCUT2D eigenvalue weighted by Gasteiger charge is -2.08. The molecule has 0 saturated heterocycles. The van der Waals surface area contributed by atoms with Gasteiger partial charge in [0.15, 0.2) is 0 Å². The maximum atomic E-state index is 11.2. The first kappa shape index (κ1) is 12.7. The summed E-state index contributed by atoms with van der Waals surface area (Å²) in [5, 5.41) is 8.70. The van der Waals surface area contributed by atoms with Crippen LogP contribution in [-0.2, 0) is 9.53 Å². The van der Waals surface area contributed by atoms with Gasteiger partial charge >= 0.3 is 11.9 Å². The number of carboxylic acid groups (broad SMARTS) is 1. The molecule has 1 aromatic heterocycles. The van der Waals surface area contributed by atoms with Crippen molar-refractivity contribution in [3.63, 3.8) is 0 Å². The van der Waals surface area contributed by atoms with Gasteiger partial charge in [0.05, 0.1) is 13.5 Å². The highest BCUT2D eigenvalue weighted by Crippen LogP contribution is 2.27. The second kappa shape index (κ2) is 5.62. The molecule has 3 N–H and O–H groups in total. The third-order valence-corrected chi connectivity index (χ3v) is 3.35. The number of hydrogen-bond donors (Lipinski definition) is 2. The molecule has 0 aliphatic heterocycles. The van der Waals surface area contributed by atoms with Gasteiger partial charge in [-0.15, -0.1) is 11.3 Å². The number of rotatable bonds is 5. The summed E-state index contributed by atoms with van der Waals surface area (Å²) in [5.41, 5.74) is 5.50. The molecule has 5 nitrogen and oxygen atoms in total. The van der Waals surface area contributed by atoms with Crippen molar-refractivity contribution in [2.24, 2.45) is 5.73 Å². The molecule has 1 aromatic rings. The van der Waals surface area contributed by atoms with Crippen LogP contribution in [0.25, 0.3) is 0 Å². The van der Waals surface area contributed by atoms with Gasteiger partial charge in [0, 0.05) is 17.3 Å². The summed E-state index contributed by atoms with van der Waals surface area (Å²) in [7, 11) is 1.30. The molecule has 1 rings (SSSR count). The highest BCUT2D eigenvalue weighted by atomic mass is 32.1. The summed E-state index contributed by atoms with van der Waals surface area (Å²) in [6.45, 7) is 0.243. The lowest BCUT2D eigenvalue weighted by atomic mass is 10.0. The minimum Gasteiger partial charge on any atom is -0.481 e. The fourth-order valence-corrected chi connectivity index (χ4v) is 2.33. The molecule has 0 amide bonds. The van der Waals surface area contributed by atoms with E-state index in [1.807, 2.05) is 0 Å². The largest absolute Gasteiger partial charge is 0.481 e. The van der Waals surface area contributed by atoms with Crippen LogP contribution in [0.2, 0.25) is 0 Å². The van der Waals surface area contributed by atoms with E-state index < -0.39 is 11.9 Å². The Morgan fingerprint density at radius 2 is 2.25 bits per heavy atom. The fraction of sp³-hybridized carbons (Fsp3) is 0.400. The van der Waals surface area contributed by atoms with Gasteiger partial charge in [0.1, 0.15) is 4.88 Å². The molecular weight excluding hydrogens is 230 g/mol. The summed E-state index contributed by atoms with van der Waals surface area (Å²) < 4.78 is 4.57. The van der Waals surface area contributed by atoms with E-state index >= 15 is 0 Å². The van der Waals surface area contributed by atoms with Crippen molar-refractivity contribution >= 4 is 23.3 Å². The molecule has 16 heavy (non-hydrogen) atoms. The number of nitrogens with two attached hydrogens (primary N) is 1. The minimum atomic E-state index is -0.900. The maximum Gasteiger partial charge on any atom is 0.348 e. The van der Waals surface area contributed by atoms with Crippen LogP contribution < -0.4 is 5.73 Å². The number of carbonyl (C=O) groups excluding carboxylic acids is 1. The number of methoxy groups -OCH3 is 1. The lowest BCUT2D eigenvalue weighted by Crippen LogP contribution is -2.15. The van der Waals surface area contributed by atoms with Gasteiger partial charge in [0.25, 0.3) is 0 Å². The van der Waals surface area contributed by atoms with Gasteiger partial charge in [-0.2, -0.15) is 0 Å². The van der Waals surface area contributed by atoms with Crippen LogP contribution in [0.15, 0.2) is 12.1 Å². The van der Waals surface area contributed by atoms with Crippen LogP contribution in [-0.4, -0.2) is 30.7 Å². The van der Waals surface area contributed by atoms with Crippen LogP contribution in [0.1, 0.15) is 26.9 Å².